The first-order valence-corrected chi connectivity index (χ1v) is 6.43. The molecule has 0 heterocycles. The molecule has 1 unspecified atom stereocenters. The molecule has 0 bridgehead atoms. The highest BCUT2D eigenvalue weighted by molar-refractivity contribution is 9.09. The van der Waals surface area contributed by atoms with Gasteiger partial charge < -0.3 is 5.32 Å². The van der Waals surface area contributed by atoms with Gasteiger partial charge in [0.1, 0.15) is 0 Å². The van der Waals surface area contributed by atoms with Crippen molar-refractivity contribution in [3.8, 4) is 0 Å². The number of halogens is 1. The number of alkyl halides is 1. The fraction of sp³-hybridized carbons (Fsp3) is 0.909. The number of amides is 1. The average molecular weight is 262 g/mol. The third kappa shape index (κ3) is 3.60. The maximum Gasteiger partial charge on any atom is 0.223 e. The molecule has 1 aliphatic carbocycles. The van der Waals surface area contributed by atoms with Gasteiger partial charge in [-0.25, -0.2) is 0 Å². The summed E-state index contributed by atoms with van der Waals surface area (Å²) in [6.07, 6.45) is 3.16. The normalized spacial score (nSPS) is 19.1. The summed E-state index contributed by atoms with van der Waals surface area (Å²) in [6.45, 7) is 6.52. The summed E-state index contributed by atoms with van der Waals surface area (Å²) in [5.41, 5.74) is 0.151. The average Bonchev–Trinajstić information content (AvgIpc) is 2.83. The first-order valence-electron chi connectivity index (χ1n) is 5.31. The second-order valence-corrected chi connectivity index (χ2v) is 5.97. The Morgan fingerprint density at radius 2 is 2.07 bits per heavy atom. The van der Waals surface area contributed by atoms with Crippen LogP contribution in [0, 0.1) is 11.3 Å². The van der Waals surface area contributed by atoms with Crippen LogP contribution in [0.5, 0.6) is 0 Å². The Morgan fingerprint density at radius 3 is 2.43 bits per heavy atom. The van der Waals surface area contributed by atoms with Crippen LogP contribution in [0.1, 0.15) is 40.0 Å². The molecule has 1 rings (SSSR count). The number of carbonyl (C=O) groups is 1. The largest absolute Gasteiger partial charge is 0.353 e. The van der Waals surface area contributed by atoms with Crippen LogP contribution in [0.4, 0.5) is 0 Å². The van der Waals surface area contributed by atoms with Gasteiger partial charge in [0.25, 0.3) is 0 Å². The van der Waals surface area contributed by atoms with E-state index in [1.54, 1.807) is 0 Å². The fourth-order valence-electron chi connectivity index (χ4n) is 1.47. The van der Waals surface area contributed by atoms with E-state index in [2.05, 4.69) is 42.0 Å². The molecule has 0 aromatic heterocycles. The molecule has 0 aliphatic heterocycles. The molecule has 1 N–H and O–H groups in total. The molecule has 2 nitrogen and oxygen atoms in total. The Kier molecular flexibility index (Phi) is 3.99. The molecule has 3 heteroatoms. The van der Waals surface area contributed by atoms with Gasteiger partial charge in [0.2, 0.25) is 5.91 Å². The number of carbonyl (C=O) groups excluding carboxylic acids is 1. The van der Waals surface area contributed by atoms with Crippen molar-refractivity contribution in [2.75, 3.05) is 5.33 Å². The second kappa shape index (κ2) is 4.65. The second-order valence-electron chi connectivity index (χ2n) is 5.18. The molecule has 1 fully saturated rings. The van der Waals surface area contributed by atoms with Gasteiger partial charge in [0, 0.05) is 17.3 Å². The number of nitrogens with one attached hydrogen (secondary N) is 1. The van der Waals surface area contributed by atoms with Crippen LogP contribution in [-0.2, 0) is 4.79 Å². The van der Waals surface area contributed by atoms with Crippen LogP contribution < -0.4 is 5.32 Å². The summed E-state index contributed by atoms with van der Waals surface area (Å²) < 4.78 is 0. The molecule has 1 atom stereocenters. The molecular weight excluding hydrogens is 242 g/mol. The van der Waals surface area contributed by atoms with Gasteiger partial charge in [-0.15, -0.1) is 0 Å². The molecule has 14 heavy (non-hydrogen) atoms. The van der Waals surface area contributed by atoms with Gasteiger partial charge in [-0.05, 0) is 24.7 Å². The maximum absolute atomic E-state index is 11.6. The van der Waals surface area contributed by atoms with E-state index in [1.807, 2.05) is 0 Å². The predicted molar refractivity (Wildman–Crippen MR) is 62.5 cm³/mol. The highest BCUT2D eigenvalue weighted by atomic mass is 79.9. The third-order valence-corrected chi connectivity index (χ3v) is 3.17. The van der Waals surface area contributed by atoms with Gasteiger partial charge in [0.05, 0.1) is 0 Å². The standard InChI is InChI=1S/C11H20BrNO/c1-11(2,3)9(6-7-12)13-10(14)8-4-5-8/h8-9H,4-7H2,1-3H3,(H,13,14). The van der Waals surface area contributed by atoms with Crippen LogP contribution in [0.3, 0.4) is 0 Å². The summed E-state index contributed by atoms with van der Waals surface area (Å²) in [5, 5.41) is 4.10. The SMILES string of the molecule is CC(C)(C)C(CCBr)NC(=O)C1CC1. The van der Waals surface area contributed by atoms with Gasteiger partial charge in [-0.2, -0.15) is 0 Å². The summed E-state index contributed by atoms with van der Waals surface area (Å²) in [5.74, 6) is 0.570. The Hall–Kier alpha value is -0.0500. The highest BCUT2D eigenvalue weighted by Gasteiger charge is 2.33. The first-order chi connectivity index (χ1) is 6.45. The zero-order chi connectivity index (χ0) is 10.8. The van der Waals surface area contributed by atoms with Crippen molar-refractivity contribution in [1.29, 1.82) is 0 Å². The van der Waals surface area contributed by atoms with Crippen molar-refractivity contribution in [2.24, 2.45) is 11.3 Å². The van der Waals surface area contributed by atoms with Crippen LogP contribution in [0.2, 0.25) is 0 Å². The molecule has 82 valence electrons. The van der Waals surface area contributed by atoms with Crippen LogP contribution in [-0.4, -0.2) is 17.3 Å². The zero-order valence-corrected chi connectivity index (χ0v) is 10.9. The molecule has 1 amide bonds. The van der Waals surface area contributed by atoms with Crippen molar-refractivity contribution >= 4 is 21.8 Å². The summed E-state index contributed by atoms with van der Waals surface area (Å²) >= 11 is 3.43. The van der Waals surface area contributed by atoms with Crippen molar-refractivity contribution in [3.05, 3.63) is 0 Å². The topological polar surface area (TPSA) is 29.1 Å². The minimum atomic E-state index is 0.151. The Balaban J connectivity index is 2.45. The fourth-order valence-corrected chi connectivity index (χ4v) is 1.92. The van der Waals surface area contributed by atoms with E-state index >= 15 is 0 Å². The molecule has 1 saturated carbocycles. The Morgan fingerprint density at radius 1 is 1.50 bits per heavy atom. The van der Waals surface area contributed by atoms with Crippen molar-refractivity contribution in [2.45, 2.75) is 46.1 Å². The third-order valence-electron chi connectivity index (χ3n) is 2.71. The maximum atomic E-state index is 11.6. The lowest BCUT2D eigenvalue weighted by Crippen LogP contribution is -2.44. The van der Waals surface area contributed by atoms with E-state index < -0.39 is 0 Å². The van der Waals surface area contributed by atoms with E-state index in [0.717, 1.165) is 24.6 Å². The monoisotopic (exact) mass is 261 g/mol. The molecule has 0 radical (unpaired) electrons. The van der Waals surface area contributed by atoms with E-state index in [-0.39, 0.29) is 17.4 Å². The number of hydrogen-bond donors (Lipinski definition) is 1. The van der Waals surface area contributed by atoms with Crippen molar-refractivity contribution < 1.29 is 4.79 Å². The Bertz CT molecular complexity index is 206. The Labute approximate surface area is 95.0 Å². The molecule has 0 aromatic carbocycles. The van der Waals surface area contributed by atoms with Gasteiger partial charge in [0.15, 0.2) is 0 Å². The number of hydrogen-bond acceptors (Lipinski definition) is 1. The van der Waals surface area contributed by atoms with Crippen LogP contribution >= 0.6 is 15.9 Å². The van der Waals surface area contributed by atoms with Gasteiger partial charge >= 0.3 is 0 Å². The smallest absolute Gasteiger partial charge is 0.223 e. The minimum absolute atomic E-state index is 0.151. The van der Waals surface area contributed by atoms with E-state index in [0.29, 0.717) is 5.92 Å². The van der Waals surface area contributed by atoms with E-state index in [1.165, 1.54) is 0 Å². The lowest BCUT2D eigenvalue weighted by molar-refractivity contribution is -0.123. The molecule has 1 aliphatic rings. The van der Waals surface area contributed by atoms with E-state index in [4.69, 9.17) is 0 Å². The zero-order valence-electron chi connectivity index (χ0n) is 9.27. The van der Waals surface area contributed by atoms with E-state index in [9.17, 15) is 4.79 Å². The molecular formula is C11H20BrNO. The van der Waals surface area contributed by atoms with Gasteiger partial charge in [-0.3, -0.25) is 4.79 Å². The van der Waals surface area contributed by atoms with Crippen molar-refractivity contribution in [3.63, 3.8) is 0 Å². The van der Waals surface area contributed by atoms with Gasteiger partial charge in [-0.1, -0.05) is 36.7 Å². The summed E-state index contributed by atoms with van der Waals surface area (Å²) in [7, 11) is 0. The first kappa shape index (κ1) is 12.0. The lowest BCUT2D eigenvalue weighted by Gasteiger charge is -2.31. The molecule has 0 spiro atoms. The summed E-state index contributed by atoms with van der Waals surface area (Å²) in [4.78, 5) is 11.6. The van der Waals surface area contributed by atoms with Crippen LogP contribution in [0.25, 0.3) is 0 Å². The highest BCUT2D eigenvalue weighted by Crippen LogP contribution is 2.30. The quantitative estimate of drug-likeness (QED) is 0.775. The molecule has 0 saturated heterocycles. The molecule has 0 aromatic rings. The predicted octanol–water partition coefficient (Wildman–Crippen LogP) is 2.71. The number of rotatable bonds is 4. The van der Waals surface area contributed by atoms with Crippen LogP contribution in [0.15, 0.2) is 0 Å². The lowest BCUT2D eigenvalue weighted by atomic mass is 9.85. The van der Waals surface area contributed by atoms with Crippen molar-refractivity contribution in [1.82, 2.24) is 5.32 Å². The summed E-state index contributed by atoms with van der Waals surface area (Å²) in [6, 6.07) is 0.287. The minimum Gasteiger partial charge on any atom is -0.353 e.